The minimum Gasteiger partial charge on any atom is -0.365 e. The zero-order chi connectivity index (χ0) is 20.5. The number of aromatic nitrogens is 7. The largest absolute Gasteiger partial charge is 0.365 e. The molecular weight excluding hydrogens is 380 g/mol. The number of aryl methyl sites for hydroxylation is 1. The van der Waals surface area contributed by atoms with Gasteiger partial charge in [-0.1, -0.05) is 24.3 Å². The Hall–Kier alpha value is -3.62. The number of anilines is 1. The first-order valence-electron chi connectivity index (χ1n) is 10.1. The highest BCUT2D eigenvalue weighted by atomic mass is 16.1. The minimum absolute atomic E-state index is 0.0693. The maximum atomic E-state index is 12.4. The van der Waals surface area contributed by atoms with E-state index in [0.717, 1.165) is 48.0 Å². The van der Waals surface area contributed by atoms with Crippen molar-refractivity contribution in [1.82, 2.24) is 34.7 Å². The number of fused-ring (bicyclic) bond motifs is 1. The van der Waals surface area contributed by atoms with Crippen LogP contribution in [0.25, 0.3) is 16.6 Å². The predicted octanol–water partition coefficient (Wildman–Crippen LogP) is 2.67. The average Bonchev–Trinajstić information content (AvgIpc) is 3.32. The zero-order valence-electron chi connectivity index (χ0n) is 16.6. The van der Waals surface area contributed by atoms with E-state index in [1.807, 2.05) is 19.1 Å². The second-order valence-corrected chi connectivity index (χ2v) is 7.64. The van der Waals surface area contributed by atoms with Crippen LogP contribution in [0.5, 0.6) is 0 Å². The Kier molecular flexibility index (Phi) is 4.70. The minimum atomic E-state index is -0.0920. The Morgan fingerprint density at radius 2 is 1.80 bits per heavy atom. The Morgan fingerprint density at radius 3 is 2.57 bits per heavy atom. The van der Waals surface area contributed by atoms with E-state index in [9.17, 15) is 4.79 Å². The Morgan fingerprint density at radius 1 is 1.00 bits per heavy atom. The van der Waals surface area contributed by atoms with Gasteiger partial charge in [0.1, 0.15) is 12.7 Å². The van der Waals surface area contributed by atoms with Crippen molar-refractivity contribution in [2.24, 2.45) is 0 Å². The number of nitrogens with one attached hydrogen (secondary N) is 1. The van der Waals surface area contributed by atoms with Crippen LogP contribution in [0, 0.1) is 6.92 Å². The Bertz CT molecular complexity index is 1230. The van der Waals surface area contributed by atoms with Crippen LogP contribution in [0.4, 0.5) is 5.82 Å². The van der Waals surface area contributed by atoms with Crippen molar-refractivity contribution in [3.8, 4) is 5.82 Å². The standard InChI is InChI=1S/C21H22N8O/c1-14-17-4-2-3-5-18(17)21(26-25-14)24-15-6-8-16(9-7-15)29-20(30)11-10-19(27-29)28-13-22-12-23-28/h2-5,10-13,15-16H,6-9H2,1H3,(H,24,26). The molecule has 9 heteroatoms. The molecule has 0 bridgehead atoms. The number of hydrogen-bond acceptors (Lipinski definition) is 7. The summed E-state index contributed by atoms with van der Waals surface area (Å²) in [6, 6.07) is 11.8. The van der Waals surface area contributed by atoms with E-state index >= 15 is 0 Å². The molecule has 0 saturated heterocycles. The van der Waals surface area contributed by atoms with Crippen LogP contribution in [0.2, 0.25) is 0 Å². The number of rotatable bonds is 4. The molecule has 1 saturated carbocycles. The van der Waals surface area contributed by atoms with Crippen LogP contribution >= 0.6 is 0 Å². The fourth-order valence-corrected chi connectivity index (χ4v) is 4.13. The molecule has 0 aliphatic heterocycles. The van der Waals surface area contributed by atoms with Gasteiger partial charge in [-0.3, -0.25) is 4.79 Å². The SMILES string of the molecule is Cc1nnc(NC2CCC(n3nc(-n4cncn4)ccc3=O)CC2)c2ccccc12. The Balaban J connectivity index is 1.31. The van der Waals surface area contributed by atoms with Gasteiger partial charge in [0, 0.05) is 22.9 Å². The summed E-state index contributed by atoms with van der Waals surface area (Å²) in [6.45, 7) is 1.97. The van der Waals surface area contributed by atoms with Crippen molar-refractivity contribution in [3.05, 3.63) is 65.1 Å². The molecule has 1 N–H and O–H groups in total. The quantitative estimate of drug-likeness (QED) is 0.560. The molecule has 0 spiro atoms. The molecule has 4 aromatic rings. The van der Waals surface area contributed by atoms with Crippen molar-refractivity contribution in [2.45, 2.75) is 44.7 Å². The van der Waals surface area contributed by atoms with Gasteiger partial charge in [0.05, 0.1) is 11.7 Å². The maximum absolute atomic E-state index is 12.4. The van der Waals surface area contributed by atoms with Gasteiger partial charge in [-0.05, 0) is 38.7 Å². The first-order chi connectivity index (χ1) is 14.7. The first-order valence-corrected chi connectivity index (χ1v) is 10.1. The molecule has 1 fully saturated rings. The topological polar surface area (TPSA) is 103 Å². The van der Waals surface area contributed by atoms with Gasteiger partial charge in [0.15, 0.2) is 11.6 Å². The summed E-state index contributed by atoms with van der Waals surface area (Å²) in [5.41, 5.74) is 0.836. The normalized spacial score (nSPS) is 19.1. The summed E-state index contributed by atoms with van der Waals surface area (Å²) in [5.74, 6) is 1.41. The predicted molar refractivity (Wildman–Crippen MR) is 113 cm³/mol. The van der Waals surface area contributed by atoms with Crippen molar-refractivity contribution >= 4 is 16.6 Å². The third-order valence-corrected chi connectivity index (χ3v) is 5.72. The summed E-state index contributed by atoms with van der Waals surface area (Å²) in [4.78, 5) is 16.4. The molecule has 0 unspecified atom stereocenters. The first kappa shape index (κ1) is 18.4. The van der Waals surface area contributed by atoms with Gasteiger partial charge in [-0.25, -0.2) is 14.3 Å². The van der Waals surface area contributed by atoms with Gasteiger partial charge in [0.2, 0.25) is 0 Å². The van der Waals surface area contributed by atoms with Crippen molar-refractivity contribution in [2.75, 3.05) is 5.32 Å². The molecule has 0 atom stereocenters. The molecule has 9 nitrogen and oxygen atoms in total. The van der Waals surface area contributed by atoms with Crippen LogP contribution < -0.4 is 10.9 Å². The van der Waals surface area contributed by atoms with Crippen LogP contribution in [0.1, 0.15) is 37.4 Å². The third-order valence-electron chi connectivity index (χ3n) is 5.72. The summed E-state index contributed by atoms with van der Waals surface area (Å²) in [7, 11) is 0. The van der Waals surface area contributed by atoms with E-state index in [1.54, 1.807) is 27.8 Å². The lowest BCUT2D eigenvalue weighted by molar-refractivity contribution is 0.302. The van der Waals surface area contributed by atoms with Gasteiger partial charge in [-0.15, -0.1) is 10.2 Å². The molecule has 0 radical (unpaired) electrons. The molecule has 1 aliphatic rings. The van der Waals surface area contributed by atoms with E-state index in [-0.39, 0.29) is 17.6 Å². The molecule has 1 aromatic carbocycles. The fraction of sp³-hybridized carbons (Fsp3) is 0.333. The van der Waals surface area contributed by atoms with Gasteiger partial charge in [0.25, 0.3) is 5.56 Å². The van der Waals surface area contributed by atoms with Gasteiger partial charge < -0.3 is 5.32 Å². The van der Waals surface area contributed by atoms with Crippen molar-refractivity contribution < 1.29 is 0 Å². The number of benzene rings is 1. The molecule has 3 heterocycles. The molecule has 1 aliphatic carbocycles. The second-order valence-electron chi connectivity index (χ2n) is 7.64. The Labute approximate surface area is 172 Å². The highest BCUT2D eigenvalue weighted by molar-refractivity contribution is 5.92. The number of hydrogen-bond donors (Lipinski definition) is 1. The number of nitrogens with zero attached hydrogens (tertiary/aromatic N) is 7. The molecular formula is C21H22N8O. The molecule has 3 aromatic heterocycles. The fourth-order valence-electron chi connectivity index (χ4n) is 4.13. The van der Waals surface area contributed by atoms with E-state index < -0.39 is 0 Å². The zero-order valence-corrected chi connectivity index (χ0v) is 16.6. The summed E-state index contributed by atoms with van der Waals surface area (Å²) in [6.07, 6.45) is 6.61. The average molecular weight is 402 g/mol. The second kappa shape index (κ2) is 7.66. The monoisotopic (exact) mass is 402 g/mol. The highest BCUT2D eigenvalue weighted by Gasteiger charge is 2.25. The molecule has 152 valence electrons. The molecule has 5 rings (SSSR count). The summed E-state index contributed by atoms with van der Waals surface area (Å²) in [5, 5.41) is 23.1. The summed E-state index contributed by atoms with van der Waals surface area (Å²) >= 11 is 0. The lowest BCUT2D eigenvalue weighted by atomic mass is 9.91. The summed E-state index contributed by atoms with van der Waals surface area (Å²) < 4.78 is 3.15. The van der Waals surface area contributed by atoms with E-state index in [0.29, 0.717) is 5.82 Å². The van der Waals surface area contributed by atoms with Crippen LogP contribution in [0.15, 0.2) is 53.8 Å². The highest BCUT2D eigenvalue weighted by Crippen LogP contribution is 2.30. The van der Waals surface area contributed by atoms with E-state index in [2.05, 4.69) is 42.8 Å². The van der Waals surface area contributed by atoms with Gasteiger partial charge in [-0.2, -0.15) is 10.2 Å². The lowest BCUT2D eigenvalue weighted by Crippen LogP contribution is -2.33. The molecule has 30 heavy (non-hydrogen) atoms. The van der Waals surface area contributed by atoms with Crippen molar-refractivity contribution in [1.29, 1.82) is 0 Å². The smallest absolute Gasteiger partial charge is 0.267 e. The van der Waals surface area contributed by atoms with Crippen molar-refractivity contribution in [3.63, 3.8) is 0 Å². The molecule has 0 amide bonds. The third kappa shape index (κ3) is 3.42. The lowest BCUT2D eigenvalue weighted by Gasteiger charge is -2.30. The van der Waals surface area contributed by atoms with Crippen LogP contribution in [-0.2, 0) is 0 Å². The van der Waals surface area contributed by atoms with Crippen LogP contribution in [0.3, 0.4) is 0 Å². The van der Waals surface area contributed by atoms with Crippen LogP contribution in [-0.4, -0.2) is 40.8 Å². The van der Waals surface area contributed by atoms with E-state index in [1.165, 1.54) is 6.33 Å². The van der Waals surface area contributed by atoms with E-state index in [4.69, 9.17) is 0 Å². The maximum Gasteiger partial charge on any atom is 0.267 e. The van der Waals surface area contributed by atoms with Gasteiger partial charge >= 0.3 is 0 Å².